The number of aryl methyl sites for hydroxylation is 1. The van der Waals surface area contributed by atoms with Gasteiger partial charge in [0, 0.05) is 31.8 Å². The van der Waals surface area contributed by atoms with Gasteiger partial charge in [0.25, 0.3) is 0 Å². The van der Waals surface area contributed by atoms with Crippen molar-refractivity contribution >= 4 is 0 Å². The van der Waals surface area contributed by atoms with Gasteiger partial charge in [-0.05, 0) is 18.7 Å². The summed E-state index contributed by atoms with van der Waals surface area (Å²) in [7, 11) is 5.49. The maximum absolute atomic E-state index is 5.92. The molecule has 0 bridgehead atoms. The van der Waals surface area contributed by atoms with Crippen LogP contribution in [0.15, 0.2) is 30.6 Å². The van der Waals surface area contributed by atoms with Crippen LogP contribution in [0, 0.1) is 0 Å². The molecule has 108 valence electrons. The van der Waals surface area contributed by atoms with Gasteiger partial charge in [0.05, 0.1) is 19.9 Å². The lowest BCUT2D eigenvalue weighted by Crippen LogP contribution is -2.10. The predicted octanol–water partition coefficient (Wildman–Crippen LogP) is 1.77. The van der Waals surface area contributed by atoms with Gasteiger partial charge < -0.3 is 14.8 Å². The van der Waals surface area contributed by atoms with Crippen molar-refractivity contribution in [3.05, 3.63) is 41.7 Å². The molecule has 0 radical (unpaired) electrons. The molecule has 0 saturated carbocycles. The third-order valence-electron chi connectivity index (χ3n) is 3.04. The van der Waals surface area contributed by atoms with Crippen LogP contribution in [0.5, 0.6) is 11.5 Å². The molecule has 0 aliphatic carbocycles. The molecule has 2 aromatic rings. The van der Waals surface area contributed by atoms with Crippen LogP contribution in [-0.4, -0.2) is 30.5 Å². The van der Waals surface area contributed by atoms with Crippen molar-refractivity contribution < 1.29 is 9.47 Å². The quantitative estimate of drug-likeness (QED) is 0.836. The Morgan fingerprint density at radius 1 is 1.35 bits per heavy atom. The summed E-state index contributed by atoms with van der Waals surface area (Å²) in [4.78, 5) is 0. The van der Waals surface area contributed by atoms with Crippen LogP contribution in [0.3, 0.4) is 0 Å². The van der Waals surface area contributed by atoms with Crippen molar-refractivity contribution in [2.45, 2.75) is 13.0 Å². The summed E-state index contributed by atoms with van der Waals surface area (Å²) >= 11 is 0. The van der Waals surface area contributed by atoms with Crippen LogP contribution in [0.1, 0.15) is 11.1 Å². The third kappa shape index (κ3) is 3.51. The molecule has 0 aliphatic rings. The summed E-state index contributed by atoms with van der Waals surface area (Å²) in [6.45, 7) is 1.35. The predicted molar refractivity (Wildman–Crippen MR) is 78.2 cm³/mol. The van der Waals surface area contributed by atoms with E-state index in [2.05, 4.69) is 10.4 Å². The van der Waals surface area contributed by atoms with E-state index in [1.807, 2.05) is 44.7 Å². The molecule has 2 rings (SSSR count). The molecule has 1 aromatic carbocycles. The van der Waals surface area contributed by atoms with E-state index in [0.29, 0.717) is 6.61 Å². The van der Waals surface area contributed by atoms with Crippen LogP contribution in [-0.2, 0) is 20.0 Å². The van der Waals surface area contributed by atoms with Gasteiger partial charge in [-0.15, -0.1) is 0 Å². The largest absolute Gasteiger partial charge is 0.493 e. The minimum absolute atomic E-state index is 0.600. The van der Waals surface area contributed by atoms with Gasteiger partial charge in [0.15, 0.2) is 11.5 Å². The van der Waals surface area contributed by atoms with E-state index in [-0.39, 0.29) is 0 Å². The van der Waals surface area contributed by atoms with Crippen molar-refractivity contribution in [1.29, 1.82) is 0 Å². The number of methoxy groups -OCH3 is 1. The maximum Gasteiger partial charge on any atom is 0.165 e. The van der Waals surface area contributed by atoms with Crippen molar-refractivity contribution in [3.8, 4) is 11.5 Å². The van der Waals surface area contributed by atoms with E-state index >= 15 is 0 Å². The van der Waals surface area contributed by atoms with E-state index < -0.39 is 0 Å². The lowest BCUT2D eigenvalue weighted by Gasteiger charge is -2.14. The highest BCUT2D eigenvalue weighted by atomic mass is 16.5. The van der Waals surface area contributed by atoms with Gasteiger partial charge >= 0.3 is 0 Å². The number of nitrogens with one attached hydrogen (secondary N) is 1. The highest BCUT2D eigenvalue weighted by molar-refractivity contribution is 5.46. The average molecular weight is 275 g/mol. The topological polar surface area (TPSA) is 48.3 Å². The monoisotopic (exact) mass is 275 g/mol. The second-order valence-corrected chi connectivity index (χ2v) is 4.60. The number of hydrogen-bond donors (Lipinski definition) is 1. The first-order valence-electron chi connectivity index (χ1n) is 6.65. The third-order valence-corrected chi connectivity index (χ3v) is 3.04. The Morgan fingerprint density at radius 2 is 2.20 bits per heavy atom. The van der Waals surface area contributed by atoms with Gasteiger partial charge in [0.2, 0.25) is 0 Å². The molecule has 20 heavy (non-hydrogen) atoms. The fraction of sp³-hybridized carbons (Fsp3) is 0.400. The smallest absolute Gasteiger partial charge is 0.165 e. The number of benzene rings is 1. The normalized spacial score (nSPS) is 10.6. The van der Waals surface area contributed by atoms with Crippen molar-refractivity contribution in [2.75, 3.05) is 20.8 Å². The molecule has 0 atom stereocenters. The summed E-state index contributed by atoms with van der Waals surface area (Å²) in [5.41, 5.74) is 2.26. The molecule has 1 heterocycles. The summed E-state index contributed by atoms with van der Waals surface area (Å²) in [6, 6.07) is 5.93. The van der Waals surface area contributed by atoms with Crippen LogP contribution >= 0.6 is 0 Å². The number of aromatic nitrogens is 2. The molecule has 1 aromatic heterocycles. The zero-order chi connectivity index (χ0) is 14.4. The van der Waals surface area contributed by atoms with Crippen LogP contribution in [0.25, 0.3) is 0 Å². The van der Waals surface area contributed by atoms with Gasteiger partial charge in [-0.3, -0.25) is 4.68 Å². The fourth-order valence-electron chi connectivity index (χ4n) is 2.09. The first kappa shape index (κ1) is 14.4. The molecule has 0 spiro atoms. The zero-order valence-electron chi connectivity index (χ0n) is 12.2. The molecule has 0 aliphatic heterocycles. The van der Waals surface area contributed by atoms with Gasteiger partial charge in [-0.1, -0.05) is 12.1 Å². The number of rotatable bonds is 7. The molecule has 5 nitrogen and oxygen atoms in total. The standard InChI is InChI=1S/C15H21N3O2/c1-16-10-13-5-4-6-14(19-3)15(13)20-8-7-12-9-17-18(2)11-12/h4-6,9,11,16H,7-8,10H2,1-3H3. The van der Waals surface area contributed by atoms with Crippen molar-refractivity contribution in [2.24, 2.45) is 7.05 Å². The van der Waals surface area contributed by atoms with Crippen LogP contribution in [0.4, 0.5) is 0 Å². The second kappa shape index (κ2) is 6.96. The molecule has 5 heteroatoms. The molecule has 0 fully saturated rings. The SMILES string of the molecule is CNCc1cccc(OC)c1OCCc1cnn(C)c1. The van der Waals surface area contributed by atoms with E-state index in [0.717, 1.165) is 35.6 Å². The molecule has 0 saturated heterocycles. The molecular formula is C15H21N3O2. The number of ether oxygens (including phenoxy) is 2. The molecule has 0 amide bonds. The Balaban J connectivity index is 2.03. The first-order valence-corrected chi connectivity index (χ1v) is 6.65. The highest BCUT2D eigenvalue weighted by Gasteiger charge is 2.10. The number of para-hydroxylation sites is 1. The van der Waals surface area contributed by atoms with E-state index in [1.165, 1.54) is 0 Å². The lowest BCUT2D eigenvalue weighted by atomic mass is 10.2. The van der Waals surface area contributed by atoms with Crippen molar-refractivity contribution in [1.82, 2.24) is 15.1 Å². The van der Waals surface area contributed by atoms with Crippen LogP contribution < -0.4 is 14.8 Å². The van der Waals surface area contributed by atoms with Gasteiger partial charge in [-0.25, -0.2) is 0 Å². The average Bonchev–Trinajstić information content (AvgIpc) is 2.86. The minimum atomic E-state index is 0.600. The highest BCUT2D eigenvalue weighted by Crippen LogP contribution is 2.31. The van der Waals surface area contributed by atoms with E-state index in [4.69, 9.17) is 9.47 Å². The second-order valence-electron chi connectivity index (χ2n) is 4.60. The Morgan fingerprint density at radius 3 is 2.85 bits per heavy atom. The lowest BCUT2D eigenvalue weighted by molar-refractivity contribution is 0.294. The maximum atomic E-state index is 5.92. The Labute approximate surface area is 119 Å². The number of hydrogen-bond acceptors (Lipinski definition) is 4. The summed E-state index contributed by atoms with van der Waals surface area (Å²) in [6.07, 6.45) is 4.69. The molecule has 1 N–H and O–H groups in total. The Hall–Kier alpha value is -2.01. The Kier molecular flexibility index (Phi) is 5.01. The zero-order valence-corrected chi connectivity index (χ0v) is 12.2. The first-order chi connectivity index (χ1) is 9.74. The number of nitrogens with zero attached hydrogens (tertiary/aromatic N) is 2. The summed E-state index contributed by atoms with van der Waals surface area (Å²) in [5, 5.41) is 7.29. The van der Waals surface area contributed by atoms with Gasteiger partial charge in [0.1, 0.15) is 0 Å². The summed E-state index contributed by atoms with van der Waals surface area (Å²) in [5.74, 6) is 1.58. The van der Waals surface area contributed by atoms with E-state index in [9.17, 15) is 0 Å². The molecular weight excluding hydrogens is 254 g/mol. The fourth-order valence-corrected chi connectivity index (χ4v) is 2.09. The summed E-state index contributed by atoms with van der Waals surface area (Å²) < 4.78 is 13.1. The van der Waals surface area contributed by atoms with Crippen LogP contribution in [0.2, 0.25) is 0 Å². The minimum Gasteiger partial charge on any atom is -0.493 e. The van der Waals surface area contributed by atoms with Crippen molar-refractivity contribution in [3.63, 3.8) is 0 Å². The Bertz CT molecular complexity index is 552. The van der Waals surface area contributed by atoms with E-state index in [1.54, 1.807) is 11.8 Å². The van der Waals surface area contributed by atoms with Gasteiger partial charge in [-0.2, -0.15) is 5.10 Å². The molecule has 0 unspecified atom stereocenters.